The van der Waals surface area contributed by atoms with E-state index in [0.717, 1.165) is 0 Å². The number of nitriles is 1. The molecule has 0 saturated heterocycles. The minimum atomic E-state index is -0.811. The van der Waals surface area contributed by atoms with E-state index in [2.05, 4.69) is 9.98 Å². The maximum Gasteiger partial charge on any atom is 0.436 e. The molecule has 0 radical (unpaired) electrons. The van der Waals surface area contributed by atoms with Crippen molar-refractivity contribution in [2.75, 3.05) is 0 Å². The number of nitrogens with two attached hydrogens (primary N) is 1. The van der Waals surface area contributed by atoms with E-state index in [1.807, 2.05) is 6.07 Å². The normalized spacial score (nSPS) is 11.8. The lowest BCUT2D eigenvalue weighted by molar-refractivity contribution is 0.0604. The first-order chi connectivity index (χ1) is 8.33. The number of aromatic nitrogens is 1. The molecule has 1 amide bonds. The monoisotopic (exact) mass is 246 g/mol. The Kier molecular flexibility index (Phi) is 4.00. The molecule has 6 heteroatoms. The molecule has 6 nitrogen and oxygen atoms in total. The fraction of sp³-hybridized carbons (Fsp3) is 0.333. The van der Waals surface area contributed by atoms with Crippen LogP contribution in [0.15, 0.2) is 23.3 Å². The van der Waals surface area contributed by atoms with Gasteiger partial charge in [0, 0.05) is 6.20 Å². The zero-order valence-corrected chi connectivity index (χ0v) is 10.5. The molecule has 1 heterocycles. The number of ether oxygens (including phenoxy) is 1. The van der Waals surface area contributed by atoms with E-state index in [1.165, 1.54) is 6.20 Å². The Bertz CT molecular complexity index is 524. The van der Waals surface area contributed by atoms with Gasteiger partial charge in [0.05, 0.1) is 5.56 Å². The number of aliphatic imine (C=N–C) groups is 1. The summed E-state index contributed by atoms with van der Waals surface area (Å²) < 4.78 is 4.99. The highest BCUT2D eigenvalue weighted by molar-refractivity contribution is 6.02. The van der Waals surface area contributed by atoms with Gasteiger partial charge in [-0.2, -0.15) is 10.3 Å². The molecule has 0 bridgehead atoms. The van der Waals surface area contributed by atoms with Gasteiger partial charge in [0.1, 0.15) is 17.4 Å². The van der Waals surface area contributed by atoms with Crippen molar-refractivity contribution in [3.8, 4) is 6.07 Å². The van der Waals surface area contributed by atoms with Crippen LogP contribution < -0.4 is 5.73 Å². The SMILES string of the molecule is CC(C)(C)OC(=O)N=C(N)c1ncccc1C#N. The van der Waals surface area contributed by atoms with Crippen LogP contribution in [0.2, 0.25) is 0 Å². The highest BCUT2D eigenvalue weighted by atomic mass is 16.6. The molecule has 1 rings (SSSR count). The third-order valence-electron chi connectivity index (χ3n) is 1.78. The predicted molar refractivity (Wildman–Crippen MR) is 65.9 cm³/mol. The standard InChI is InChI=1S/C12H14N4O2/c1-12(2,3)18-11(17)16-10(14)9-8(7-13)5-4-6-15-9/h4-6H,1-3H3,(H2,14,16,17). The fourth-order valence-electron chi connectivity index (χ4n) is 1.14. The molecule has 1 aromatic rings. The van der Waals surface area contributed by atoms with Crippen LogP contribution in [0, 0.1) is 11.3 Å². The maximum absolute atomic E-state index is 11.4. The van der Waals surface area contributed by atoms with Gasteiger partial charge in [0.2, 0.25) is 0 Å². The van der Waals surface area contributed by atoms with E-state index in [0.29, 0.717) is 0 Å². The van der Waals surface area contributed by atoms with E-state index in [9.17, 15) is 4.79 Å². The number of carbonyl (C=O) groups is 1. The summed E-state index contributed by atoms with van der Waals surface area (Å²) in [7, 11) is 0. The van der Waals surface area contributed by atoms with Crippen LogP contribution in [0.1, 0.15) is 32.0 Å². The number of nitrogens with zero attached hydrogens (tertiary/aromatic N) is 3. The quantitative estimate of drug-likeness (QED) is 0.599. The average Bonchev–Trinajstić information content (AvgIpc) is 2.26. The van der Waals surface area contributed by atoms with E-state index < -0.39 is 11.7 Å². The van der Waals surface area contributed by atoms with E-state index in [-0.39, 0.29) is 17.1 Å². The number of amides is 1. The number of carbonyl (C=O) groups excluding carboxylic acids is 1. The zero-order valence-electron chi connectivity index (χ0n) is 10.5. The Labute approximate surface area is 105 Å². The maximum atomic E-state index is 11.4. The third kappa shape index (κ3) is 3.87. The van der Waals surface area contributed by atoms with Gasteiger partial charge >= 0.3 is 6.09 Å². The van der Waals surface area contributed by atoms with Crippen LogP contribution in [0.4, 0.5) is 4.79 Å². The first-order valence-electron chi connectivity index (χ1n) is 5.26. The lowest BCUT2D eigenvalue weighted by Crippen LogP contribution is -2.25. The van der Waals surface area contributed by atoms with Crippen LogP contribution in [-0.2, 0) is 4.74 Å². The molecule has 1 aromatic heterocycles. The van der Waals surface area contributed by atoms with Gasteiger partial charge in [0.15, 0.2) is 5.84 Å². The van der Waals surface area contributed by atoms with Crippen molar-refractivity contribution in [2.45, 2.75) is 26.4 Å². The Balaban J connectivity index is 2.97. The van der Waals surface area contributed by atoms with Crippen molar-refractivity contribution < 1.29 is 9.53 Å². The predicted octanol–water partition coefficient (Wildman–Crippen LogP) is 1.59. The molecular formula is C12H14N4O2. The minimum Gasteiger partial charge on any atom is -0.442 e. The van der Waals surface area contributed by atoms with E-state index in [1.54, 1.807) is 32.9 Å². The Morgan fingerprint density at radius 1 is 1.56 bits per heavy atom. The third-order valence-corrected chi connectivity index (χ3v) is 1.78. The molecule has 94 valence electrons. The molecule has 0 fully saturated rings. The van der Waals surface area contributed by atoms with Crippen molar-refractivity contribution in [3.63, 3.8) is 0 Å². The fourth-order valence-corrected chi connectivity index (χ4v) is 1.14. The van der Waals surface area contributed by atoms with Gasteiger partial charge in [-0.25, -0.2) is 4.79 Å². The van der Waals surface area contributed by atoms with Crippen LogP contribution in [-0.4, -0.2) is 22.5 Å². The minimum absolute atomic E-state index is 0.138. The largest absolute Gasteiger partial charge is 0.442 e. The summed E-state index contributed by atoms with van der Waals surface area (Å²) in [6.45, 7) is 5.16. The summed E-state index contributed by atoms with van der Waals surface area (Å²) in [4.78, 5) is 18.9. The molecule has 0 saturated carbocycles. The molecule has 2 N–H and O–H groups in total. The molecule has 0 aromatic carbocycles. The summed E-state index contributed by atoms with van der Waals surface area (Å²) in [5.41, 5.74) is 5.40. The number of pyridine rings is 1. The first kappa shape index (κ1) is 13.6. The van der Waals surface area contributed by atoms with Gasteiger partial charge in [-0.05, 0) is 32.9 Å². The average molecular weight is 246 g/mol. The van der Waals surface area contributed by atoms with Crippen molar-refractivity contribution in [2.24, 2.45) is 10.7 Å². The zero-order chi connectivity index (χ0) is 13.8. The highest BCUT2D eigenvalue weighted by Crippen LogP contribution is 2.09. The summed E-state index contributed by atoms with van der Waals surface area (Å²) in [6, 6.07) is 5.06. The highest BCUT2D eigenvalue weighted by Gasteiger charge is 2.17. The van der Waals surface area contributed by atoms with Gasteiger partial charge in [0.25, 0.3) is 0 Å². The van der Waals surface area contributed by atoms with Crippen molar-refractivity contribution >= 4 is 11.9 Å². The molecule has 18 heavy (non-hydrogen) atoms. The number of hydrogen-bond donors (Lipinski definition) is 1. The van der Waals surface area contributed by atoms with Crippen LogP contribution in [0.3, 0.4) is 0 Å². The first-order valence-corrected chi connectivity index (χ1v) is 5.26. The topological polar surface area (TPSA) is 101 Å². The molecule has 0 unspecified atom stereocenters. The van der Waals surface area contributed by atoms with Crippen LogP contribution in [0.5, 0.6) is 0 Å². The summed E-state index contributed by atoms with van der Waals surface area (Å²) in [5, 5.41) is 8.87. The second kappa shape index (κ2) is 5.27. The Morgan fingerprint density at radius 2 is 2.22 bits per heavy atom. The Hall–Kier alpha value is -2.42. The number of amidine groups is 1. The Morgan fingerprint density at radius 3 is 2.78 bits per heavy atom. The molecule has 0 atom stereocenters. The van der Waals surface area contributed by atoms with Gasteiger partial charge in [-0.1, -0.05) is 0 Å². The van der Waals surface area contributed by atoms with Crippen LogP contribution in [0.25, 0.3) is 0 Å². The van der Waals surface area contributed by atoms with Crippen molar-refractivity contribution in [1.82, 2.24) is 4.98 Å². The summed E-state index contributed by atoms with van der Waals surface area (Å²) in [5.74, 6) is -0.138. The number of rotatable bonds is 1. The second-order valence-electron chi connectivity index (χ2n) is 4.49. The smallest absolute Gasteiger partial charge is 0.436 e. The number of hydrogen-bond acceptors (Lipinski definition) is 4. The molecule has 0 spiro atoms. The van der Waals surface area contributed by atoms with Crippen molar-refractivity contribution in [3.05, 3.63) is 29.6 Å². The molecule has 0 aliphatic rings. The van der Waals surface area contributed by atoms with Gasteiger partial charge in [-0.3, -0.25) is 4.98 Å². The van der Waals surface area contributed by atoms with Crippen molar-refractivity contribution in [1.29, 1.82) is 5.26 Å². The van der Waals surface area contributed by atoms with Gasteiger partial charge in [-0.15, -0.1) is 0 Å². The lowest BCUT2D eigenvalue weighted by atomic mass is 10.2. The van der Waals surface area contributed by atoms with E-state index >= 15 is 0 Å². The van der Waals surface area contributed by atoms with Gasteiger partial charge < -0.3 is 10.5 Å². The van der Waals surface area contributed by atoms with Crippen LogP contribution >= 0.6 is 0 Å². The second-order valence-corrected chi connectivity index (χ2v) is 4.49. The van der Waals surface area contributed by atoms with E-state index in [4.69, 9.17) is 15.7 Å². The lowest BCUT2D eigenvalue weighted by Gasteiger charge is -2.17. The molecule has 0 aliphatic carbocycles. The molecule has 0 aliphatic heterocycles. The molecular weight excluding hydrogens is 232 g/mol. The summed E-state index contributed by atoms with van der Waals surface area (Å²) >= 11 is 0. The summed E-state index contributed by atoms with van der Waals surface area (Å²) in [6.07, 6.45) is 0.655.